The van der Waals surface area contributed by atoms with Crippen molar-refractivity contribution in [1.82, 2.24) is 9.38 Å². The Balaban J connectivity index is 1.52. The first-order chi connectivity index (χ1) is 16.3. The smallest absolute Gasteiger partial charge is 0.339 e. The van der Waals surface area contributed by atoms with Crippen LogP contribution in [0.3, 0.4) is 0 Å². The Morgan fingerprint density at radius 2 is 1.74 bits per heavy atom. The first-order valence-corrected chi connectivity index (χ1v) is 12.4. The summed E-state index contributed by atoms with van der Waals surface area (Å²) in [5.74, 6) is -0.174. The van der Waals surface area contributed by atoms with Gasteiger partial charge < -0.3 is 9.50 Å². The Hall–Kier alpha value is -4.02. The van der Waals surface area contributed by atoms with Crippen molar-refractivity contribution in [2.75, 3.05) is 5.32 Å². The number of hydrogen-bond donors (Lipinski definition) is 1. The van der Waals surface area contributed by atoms with E-state index in [9.17, 15) is 18.0 Å². The summed E-state index contributed by atoms with van der Waals surface area (Å²) < 4.78 is 33.1. The Morgan fingerprint density at radius 3 is 2.50 bits per heavy atom. The number of rotatable bonds is 5. The van der Waals surface area contributed by atoms with Crippen molar-refractivity contribution in [2.45, 2.75) is 11.8 Å². The number of imidazole rings is 1. The van der Waals surface area contributed by atoms with Crippen molar-refractivity contribution in [1.29, 1.82) is 0 Å². The molecule has 3 aromatic carbocycles. The predicted molar refractivity (Wildman–Crippen MR) is 131 cm³/mol. The van der Waals surface area contributed by atoms with Crippen LogP contribution >= 0.6 is 11.3 Å². The lowest BCUT2D eigenvalue weighted by Crippen LogP contribution is -2.22. The van der Waals surface area contributed by atoms with Gasteiger partial charge >= 0.3 is 10.1 Å². The van der Waals surface area contributed by atoms with Crippen molar-refractivity contribution in [3.05, 3.63) is 93.2 Å². The van der Waals surface area contributed by atoms with E-state index in [4.69, 9.17) is 4.18 Å². The summed E-state index contributed by atoms with van der Waals surface area (Å²) in [5, 5.41) is 2.58. The van der Waals surface area contributed by atoms with Crippen LogP contribution in [0.15, 0.2) is 82.5 Å². The fourth-order valence-electron chi connectivity index (χ4n) is 3.50. The van der Waals surface area contributed by atoms with E-state index in [0.717, 1.165) is 5.52 Å². The van der Waals surface area contributed by atoms with Crippen LogP contribution in [-0.4, -0.2) is 23.7 Å². The van der Waals surface area contributed by atoms with Crippen LogP contribution in [0, 0.1) is 0 Å². The van der Waals surface area contributed by atoms with Crippen LogP contribution in [0.4, 0.5) is 5.69 Å². The van der Waals surface area contributed by atoms with Crippen molar-refractivity contribution in [3.8, 4) is 5.75 Å². The van der Waals surface area contributed by atoms with E-state index < -0.39 is 10.1 Å². The molecule has 0 atom stereocenters. The van der Waals surface area contributed by atoms with Crippen LogP contribution in [0.25, 0.3) is 22.1 Å². The van der Waals surface area contributed by atoms with Gasteiger partial charge in [0.1, 0.15) is 10.6 Å². The van der Waals surface area contributed by atoms with Crippen LogP contribution in [0.5, 0.6) is 5.75 Å². The molecular weight excluding hydrogens is 474 g/mol. The zero-order chi connectivity index (χ0) is 23.9. The molecule has 5 aromatic rings. The second kappa shape index (κ2) is 8.40. The van der Waals surface area contributed by atoms with Gasteiger partial charge in [-0.05, 0) is 48.5 Å². The Kier molecular flexibility index (Phi) is 5.39. The zero-order valence-electron chi connectivity index (χ0n) is 17.8. The SMILES string of the molecule is CC(=O)Nc1ccc(S(=O)(=O)Oc2ccccc2/C=c2\sc3nc4ccccc4n3c2=O)cc1. The molecule has 5 rings (SSSR count). The number of para-hydroxylation sites is 3. The molecule has 2 heterocycles. The molecule has 1 N–H and O–H groups in total. The number of benzene rings is 3. The number of aromatic nitrogens is 2. The third kappa shape index (κ3) is 4.04. The van der Waals surface area contributed by atoms with E-state index in [1.807, 2.05) is 24.3 Å². The standard InChI is InChI=1S/C24H17N3O5S2/c1-15(28)25-17-10-12-18(13-11-17)34(30,31)32-21-9-5-2-6-16(21)14-22-23(29)27-20-8-4-3-7-19(20)26-24(27)33-22/h2-14H,1H3,(H,25,28)/b22-14-. The third-order valence-corrected chi connectivity index (χ3v) is 7.23. The second-order valence-electron chi connectivity index (χ2n) is 7.42. The Morgan fingerprint density at radius 1 is 1.03 bits per heavy atom. The molecule has 0 spiro atoms. The predicted octanol–water partition coefficient (Wildman–Crippen LogP) is 3.18. The summed E-state index contributed by atoms with van der Waals surface area (Å²) in [6.45, 7) is 1.36. The average molecular weight is 492 g/mol. The summed E-state index contributed by atoms with van der Waals surface area (Å²) in [5.41, 5.74) is 2.12. The minimum absolute atomic E-state index is 0.0676. The van der Waals surface area contributed by atoms with Gasteiger partial charge in [-0.2, -0.15) is 8.42 Å². The molecule has 0 saturated heterocycles. The highest BCUT2D eigenvalue weighted by molar-refractivity contribution is 7.87. The van der Waals surface area contributed by atoms with Crippen molar-refractivity contribution >= 4 is 55.1 Å². The van der Waals surface area contributed by atoms with Crippen molar-refractivity contribution in [3.63, 3.8) is 0 Å². The summed E-state index contributed by atoms with van der Waals surface area (Å²) in [6.07, 6.45) is 1.60. The molecule has 0 aliphatic heterocycles. The number of hydrogen-bond acceptors (Lipinski definition) is 7. The molecule has 34 heavy (non-hydrogen) atoms. The second-order valence-corrected chi connectivity index (χ2v) is 9.97. The number of anilines is 1. The molecule has 0 aliphatic rings. The van der Waals surface area contributed by atoms with Gasteiger partial charge in [-0.3, -0.25) is 9.59 Å². The maximum atomic E-state index is 13.0. The molecule has 0 saturated carbocycles. The maximum Gasteiger partial charge on any atom is 0.339 e. The van der Waals surface area contributed by atoms with Gasteiger partial charge in [0.2, 0.25) is 5.91 Å². The van der Waals surface area contributed by atoms with Crippen molar-refractivity contribution in [2.24, 2.45) is 0 Å². The van der Waals surface area contributed by atoms with Crippen LogP contribution in [0.2, 0.25) is 0 Å². The fourth-order valence-corrected chi connectivity index (χ4v) is 5.43. The summed E-state index contributed by atoms with van der Waals surface area (Å²) in [6, 6.07) is 19.6. The van der Waals surface area contributed by atoms with E-state index in [2.05, 4.69) is 10.3 Å². The fraction of sp³-hybridized carbons (Fsp3) is 0.0417. The lowest BCUT2D eigenvalue weighted by Gasteiger charge is -2.10. The topological polar surface area (TPSA) is 107 Å². The molecule has 8 nitrogen and oxygen atoms in total. The average Bonchev–Trinajstić information content (AvgIpc) is 3.31. The minimum atomic E-state index is -4.15. The van der Waals surface area contributed by atoms with E-state index >= 15 is 0 Å². The van der Waals surface area contributed by atoms with Gasteiger partial charge in [-0.15, -0.1) is 0 Å². The number of nitrogens with one attached hydrogen (secondary N) is 1. The molecule has 0 aliphatic carbocycles. The van der Waals surface area contributed by atoms with Crippen LogP contribution < -0.4 is 19.6 Å². The normalized spacial score (nSPS) is 12.3. The molecular formula is C24H17N3O5S2. The highest BCUT2D eigenvalue weighted by Gasteiger charge is 2.19. The largest absolute Gasteiger partial charge is 0.378 e. The molecule has 0 radical (unpaired) electrons. The van der Waals surface area contributed by atoms with E-state index in [0.29, 0.717) is 26.3 Å². The van der Waals surface area contributed by atoms with Gasteiger partial charge in [-0.25, -0.2) is 9.38 Å². The number of thiazole rings is 1. The van der Waals surface area contributed by atoms with E-state index in [1.54, 1.807) is 28.7 Å². The monoisotopic (exact) mass is 491 g/mol. The van der Waals surface area contributed by atoms with Crippen molar-refractivity contribution < 1.29 is 17.4 Å². The van der Waals surface area contributed by atoms with Gasteiger partial charge in [0.15, 0.2) is 4.96 Å². The number of carbonyl (C=O) groups excluding carboxylic acids is 1. The number of amides is 1. The van der Waals surface area contributed by atoms with Crippen LogP contribution in [0.1, 0.15) is 12.5 Å². The van der Waals surface area contributed by atoms with E-state index in [-0.39, 0.29) is 22.1 Å². The van der Waals surface area contributed by atoms with Gasteiger partial charge in [0.05, 0.1) is 15.6 Å². The molecule has 10 heteroatoms. The van der Waals surface area contributed by atoms with E-state index in [1.165, 1.54) is 48.6 Å². The number of fused-ring (bicyclic) bond motifs is 3. The first-order valence-electron chi connectivity index (χ1n) is 10.1. The summed E-state index contributed by atoms with van der Waals surface area (Å²) in [4.78, 5) is 29.2. The van der Waals surface area contributed by atoms with Crippen LogP contribution in [-0.2, 0) is 14.9 Å². The summed E-state index contributed by atoms with van der Waals surface area (Å²) >= 11 is 1.22. The highest BCUT2D eigenvalue weighted by atomic mass is 32.2. The third-order valence-electron chi connectivity index (χ3n) is 5.01. The molecule has 0 bridgehead atoms. The lowest BCUT2D eigenvalue weighted by molar-refractivity contribution is -0.114. The summed E-state index contributed by atoms with van der Waals surface area (Å²) in [7, 11) is -4.15. The zero-order valence-corrected chi connectivity index (χ0v) is 19.4. The molecule has 1 amide bonds. The highest BCUT2D eigenvalue weighted by Crippen LogP contribution is 2.25. The Labute approximate surface area is 197 Å². The van der Waals surface area contributed by atoms with Gasteiger partial charge in [-0.1, -0.05) is 41.7 Å². The number of nitrogens with zero attached hydrogens (tertiary/aromatic N) is 2. The van der Waals surface area contributed by atoms with Gasteiger partial charge in [0, 0.05) is 18.2 Å². The first kappa shape index (κ1) is 21.8. The quantitative estimate of drug-likeness (QED) is 0.379. The molecule has 2 aromatic heterocycles. The Bertz CT molecular complexity index is 1770. The molecule has 0 fully saturated rings. The molecule has 170 valence electrons. The molecule has 0 unspecified atom stereocenters. The lowest BCUT2D eigenvalue weighted by atomic mass is 10.2. The minimum Gasteiger partial charge on any atom is -0.378 e. The number of carbonyl (C=O) groups is 1. The van der Waals surface area contributed by atoms with Gasteiger partial charge in [0.25, 0.3) is 5.56 Å². The maximum absolute atomic E-state index is 13.0.